The van der Waals surface area contributed by atoms with Gasteiger partial charge < -0.3 is 20.4 Å². The molecule has 0 saturated heterocycles. The topological polar surface area (TPSA) is 56.3 Å². The number of nitrogens with zero attached hydrogens (tertiary/aromatic N) is 4. The molecule has 0 radical (unpaired) electrons. The maximum absolute atomic E-state index is 5.28. The molecule has 0 amide bonds. The highest BCUT2D eigenvalue weighted by Crippen LogP contribution is 2.32. The number of fused-ring (bicyclic) bond motifs is 2. The van der Waals surface area contributed by atoms with Gasteiger partial charge in [-0.1, -0.05) is 48.5 Å². The zero-order valence-corrected chi connectivity index (χ0v) is 17.0. The smallest absolute Gasteiger partial charge is 0.232 e. The van der Waals surface area contributed by atoms with Crippen molar-refractivity contribution >= 4 is 34.9 Å². The highest BCUT2D eigenvalue weighted by molar-refractivity contribution is 7.80. The number of hydrogen-bond donors (Lipinski definition) is 2. The Morgan fingerprint density at radius 2 is 1.21 bits per heavy atom. The van der Waals surface area contributed by atoms with Crippen molar-refractivity contribution < 1.29 is 0 Å². The van der Waals surface area contributed by atoms with E-state index in [0.717, 1.165) is 37.8 Å². The Morgan fingerprint density at radius 3 is 1.59 bits per heavy atom. The molecule has 7 heteroatoms. The zero-order valence-electron chi connectivity index (χ0n) is 16.2. The number of nitrogens with one attached hydrogen (secondary N) is 2. The minimum atomic E-state index is 0.502. The lowest BCUT2D eigenvalue weighted by molar-refractivity contribution is 0.827. The van der Waals surface area contributed by atoms with Gasteiger partial charge in [0.2, 0.25) is 5.95 Å². The molecule has 2 aliphatic heterocycles. The minimum Gasteiger partial charge on any atom is -0.365 e. The maximum atomic E-state index is 5.28. The van der Waals surface area contributed by atoms with E-state index in [1.54, 1.807) is 7.05 Å². The molecule has 29 heavy (non-hydrogen) atoms. The van der Waals surface area contributed by atoms with Gasteiger partial charge in [0.05, 0.1) is 0 Å². The van der Waals surface area contributed by atoms with Gasteiger partial charge >= 0.3 is 0 Å². The fourth-order valence-electron chi connectivity index (χ4n) is 3.96. The molecule has 0 spiro atoms. The van der Waals surface area contributed by atoms with Gasteiger partial charge in [0.1, 0.15) is 11.6 Å². The Morgan fingerprint density at radius 1 is 0.793 bits per heavy atom. The summed E-state index contributed by atoms with van der Waals surface area (Å²) in [4.78, 5) is 14.1. The van der Waals surface area contributed by atoms with Gasteiger partial charge in [0, 0.05) is 39.3 Å². The normalized spacial score (nSPS) is 14.5. The van der Waals surface area contributed by atoms with Crippen LogP contribution in [0.3, 0.4) is 0 Å². The van der Waals surface area contributed by atoms with Crippen LogP contribution in [-0.4, -0.2) is 22.1 Å². The van der Waals surface area contributed by atoms with Crippen LogP contribution in [0.2, 0.25) is 0 Å². The molecule has 3 aromatic rings. The van der Waals surface area contributed by atoms with Gasteiger partial charge in [-0.05, 0) is 34.5 Å². The Balaban J connectivity index is 1.48. The predicted molar refractivity (Wildman–Crippen MR) is 120 cm³/mol. The molecule has 2 N–H and O–H groups in total. The standard InChI is InChI=1S/C22H22N6S/c1-23-22(29)26-21-24-19(27-11-15-6-2-3-7-16(15)12-27)10-20(25-21)28-13-17-8-4-5-9-18(17)14-28/h2-10H,11-14H2,1H3,(H2,23,24,25,26,29). The predicted octanol–water partition coefficient (Wildman–Crippen LogP) is 3.43. The van der Waals surface area contributed by atoms with Gasteiger partial charge in [-0.3, -0.25) is 0 Å². The van der Waals surface area contributed by atoms with E-state index < -0.39 is 0 Å². The average Bonchev–Trinajstić information content (AvgIpc) is 3.37. The maximum Gasteiger partial charge on any atom is 0.232 e. The van der Waals surface area contributed by atoms with Crippen LogP contribution >= 0.6 is 12.2 Å². The first-order valence-electron chi connectivity index (χ1n) is 9.71. The van der Waals surface area contributed by atoms with Crippen molar-refractivity contribution in [2.45, 2.75) is 26.2 Å². The van der Waals surface area contributed by atoms with E-state index in [0.29, 0.717) is 11.1 Å². The molecular formula is C22H22N6S. The van der Waals surface area contributed by atoms with Crippen molar-refractivity contribution in [1.29, 1.82) is 0 Å². The minimum absolute atomic E-state index is 0.502. The van der Waals surface area contributed by atoms with E-state index in [-0.39, 0.29) is 0 Å². The summed E-state index contributed by atoms with van der Waals surface area (Å²) in [6.45, 7) is 3.40. The number of rotatable bonds is 3. The van der Waals surface area contributed by atoms with E-state index in [4.69, 9.17) is 22.2 Å². The molecule has 5 rings (SSSR count). The third-order valence-corrected chi connectivity index (χ3v) is 5.79. The molecule has 1 aromatic heterocycles. The van der Waals surface area contributed by atoms with Gasteiger partial charge in [0.15, 0.2) is 5.11 Å². The van der Waals surface area contributed by atoms with Gasteiger partial charge in [-0.2, -0.15) is 9.97 Å². The molecule has 2 aromatic carbocycles. The van der Waals surface area contributed by atoms with Crippen molar-refractivity contribution in [3.05, 3.63) is 76.9 Å². The summed E-state index contributed by atoms with van der Waals surface area (Å²) in [5.41, 5.74) is 5.39. The summed E-state index contributed by atoms with van der Waals surface area (Å²) in [6, 6.07) is 19.2. The number of anilines is 3. The quantitative estimate of drug-likeness (QED) is 0.651. The van der Waals surface area contributed by atoms with Crippen LogP contribution in [0.5, 0.6) is 0 Å². The van der Waals surface area contributed by atoms with Crippen LogP contribution in [0.1, 0.15) is 22.3 Å². The average molecular weight is 403 g/mol. The van der Waals surface area contributed by atoms with Crippen LogP contribution in [-0.2, 0) is 26.2 Å². The highest BCUT2D eigenvalue weighted by atomic mass is 32.1. The van der Waals surface area contributed by atoms with Crippen LogP contribution < -0.4 is 20.4 Å². The lowest BCUT2D eigenvalue weighted by atomic mass is 10.1. The molecule has 2 aliphatic rings. The van der Waals surface area contributed by atoms with Crippen molar-refractivity contribution in [2.75, 3.05) is 22.2 Å². The summed E-state index contributed by atoms with van der Waals surface area (Å²) in [7, 11) is 1.79. The third-order valence-electron chi connectivity index (χ3n) is 5.48. The van der Waals surface area contributed by atoms with E-state index in [1.807, 2.05) is 0 Å². The number of thiocarbonyl (C=S) groups is 1. The second-order valence-electron chi connectivity index (χ2n) is 7.36. The number of hydrogen-bond acceptors (Lipinski definition) is 5. The van der Waals surface area contributed by atoms with Crippen LogP contribution in [0.15, 0.2) is 54.6 Å². The van der Waals surface area contributed by atoms with Gasteiger partial charge in [-0.15, -0.1) is 0 Å². The van der Waals surface area contributed by atoms with Gasteiger partial charge in [-0.25, -0.2) is 0 Å². The fraction of sp³-hybridized carbons (Fsp3) is 0.227. The molecule has 3 heterocycles. The molecule has 6 nitrogen and oxygen atoms in total. The SMILES string of the molecule is CNC(=S)Nc1nc(N2Cc3ccccc3C2)cc(N2Cc3ccccc3C2)n1. The summed E-state index contributed by atoms with van der Waals surface area (Å²) < 4.78 is 0. The second-order valence-corrected chi connectivity index (χ2v) is 7.77. The first-order valence-corrected chi connectivity index (χ1v) is 10.1. The molecular weight excluding hydrogens is 380 g/mol. The number of benzene rings is 2. The van der Waals surface area contributed by atoms with E-state index >= 15 is 0 Å². The Hall–Kier alpha value is -3.19. The van der Waals surface area contributed by atoms with E-state index in [2.05, 4.69) is 75.0 Å². The van der Waals surface area contributed by atoms with Crippen LogP contribution in [0.25, 0.3) is 0 Å². The van der Waals surface area contributed by atoms with E-state index in [9.17, 15) is 0 Å². The van der Waals surface area contributed by atoms with Crippen molar-refractivity contribution in [3.8, 4) is 0 Å². The second kappa shape index (κ2) is 7.33. The van der Waals surface area contributed by atoms with Crippen molar-refractivity contribution in [2.24, 2.45) is 0 Å². The first-order chi connectivity index (χ1) is 14.2. The van der Waals surface area contributed by atoms with Crippen molar-refractivity contribution in [3.63, 3.8) is 0 Å². The molecule has 0 bridgehead atoms. The summed E-state index contributed by atoms with van der Waals surface area (Å²) in [5.74, 6) is 2.33. The molecule has 0 aliphatic carbocycles. The first kappa shape index (κ1) is 17.9. The van der Waals surface area contributed by atoms with E-state index in [1.165, 1.54) is 22.3 Å². The summed E-state index contributed by atoms with van der Waals surface area (Å²) in [6.07, 6.45) is 0. The molecule has 0 fully saturated rings. The monoisotopic (exact) mass is 402 g/mol. The Labute approximate surface area is 175 Å². The highest BCUT2D eigenvalue weighted by Gasteiger charge is 2.24. The van der Waals surface area contributed by atoms with Crippen molar-refractivity contribution in [1.82, 2.24) is 15.3 Å². The number of aromatic nitrogens is 2. The zero-order chi connectivity index (χ0) is 19.8. The molecule has 0 atom stereocenters. The fourth-order valence-corrected chi connectivity index (χ4v) is 4.05. The molecule has 146 valence electrons. The van der Waals surface area contributed by atoms with Crippen LogP contribution in [0, 0.1) is 0 Å². The van der Waals surface area contributed by atoms with Crippen LogP contribution in [0.4, 0.5) is 17.6 Å². The van der Waals surface area contributed by atoms with Gasteiger partial charge in [0.25, 0.3) is 0 Å². The largest absolute Gasteiger partial charge is 0.365 e. The summed E-state index contributed by atoms with van der Waals surface area (Å²) >= 11 is 5.28. The molecule has 0 unspecified atom stereocenters. The Bertz CT molecular complexity index is 959. The molecule has 0 saturated carbocycles. The Kier molecular flexibility index (Phi) is 4.52. The summed E-state index contributed by atoms with van der Waals surface area (Å²) in [5, 5.41) is 6.54. The lowest BCUT2D eigenvalue weighted by Crippen LogP contribution is -2.27. The lowest BCUT2D eigenvalue weighted by Gasteiger charge is -2.22. The third kappa shape index (κ3) is 3.49.